The normalized spacial score (nSPS) is 18.0. The molecule has 0 bridgehead atoms. The summed E-state index contributed by atoms with van der Waals surface area (Å²) >= 11 is 5.25. The second-order valence-corrected chi connectivity index (χ2v) is 6.49. The number of hydrogen-bond acceptors (Lipinski definition) is 3. The molecule has 0 aromatic rings. The van der Waals surface area contributed by atoms with Crippen molar-refractivity contribution < 1.29 is 4.79 Å². The fourth-order valence-corrected chi connectivity index (χ4v) is 3.30. The summed E-state index contributed by atoms with van der Waals surface area (Å²) < 4.78 is 0. The smallest absolute Gasteiger partial charge is 0.235 e. The molecule has 0 radical (unpaired) electrons. The van der Waals surface area contributed by atoms with E-state index >= 15 is 0 Å². The van der Waals surface area contributed by atoms with Gasteiger partial charge in [0.15, 0.2) is 0 Å². The molecule has 0 atom stereocenters. The van der Waals surface area contributed by atoms with Gasteiger partial charge in [0.2, 0.25) is 5.91 Å². The number of carbonyl (C=O) groups is 1. The average molecular weight is 299 g/mol. The van der Waals surface area contributed by atoms with Gasteiger partial charge in [0.05, 0.1) is 10.4 Å². The number of nitrogens with two attached hydrogens (primary N) is 1. The second kappa shape index (κ2) is 7.93. The van der Waals surface area contributed by atoms with Crippen LogP contribution >= 0.6 is 12.2 Å². The van der Waals surface area contributed by atoms with Gasteiger partial charge in [0.1, 0.15) is 0 Å². The average Bonchev–Trinajstić information content (AvgIpc) is 2.43. The zero-order valence-corrected chi connectivity index (χ0v) is 14.0. The van der Waals surface area contributed by atoms with Crippen molar-refractivity contribution in [2.24, 2.45) is 11.1 Å². The van der Waals surface area contributed by atoms with E-state index in [1.807, 2.05) is 11.8 Å². The van der Waals surface area contributed by atoms with Gasteiger partial charge in [-0.1, -0.05) is 31.5 Å². The Balaban J connectivity index is 2.73. The van der Waals surface area contributed by atoms with E-state index in [4.69, 9.17) is 18.0 Å². The number of rotatable bonds is 7. The van der Waals surface area contributed by atoms with Crippen LogP contribution in [0.1, 0.15) is 45.4 Å². The first-order valence-electron chi connectivity index (χ1n) is 7.68. The van der Waals surface area contributed by atoms with Crippen molar-refractivity contribution in [3.8, 4) is 0 Å². The number of carbonyl (C=O) groups excluding carboxylic acids is 1. The van der Waals surface area contributed by atoms with Gasteiger partial charge in [-0.3, -0.25) is 4.79 Å². The molecule has 0 heterocycles. The SMILES string of the molecule is CCN(CCCN(C)C)C(=O)C1(C(N)=S)CCCCC1. The highest BCUT2D eigenvalue weighted by atomic mass is 32.1. The first-order chi connectivity index (χ1) is 9.44. The highest BCUT2D eigenvalue weighted by Crippen LogP contribution is 2.38. The standard InChI is InChI=1S/C15H29N3OS/c1-4-18(12-8-11-17(2)3)14(19)15(13(16)20)9-6-5-7-10-15/h4-12H2,1-3H3,(H2,16,20). The Labute approximate surface area is 128 Å². The molecule has 0 aromatic heterocycles. The molecule has 5 heteroatoms. The van der Waals surface area contributed by atoms with Crippen LogP contribution < -0.4 is 5.73 Å². The fourth-order valence-electron chi connectivity index (χ4n) is 3.00. The Kier molecular flexibility index (Phi) is 6.89. The molecule has 20 heavy (non-hydrogen) atoms. The van der Waals surface area contributed by atoms with Gasteiger partial charge in [-0.25, -0.2) is 0 Å². The summed E-state index contributed by atoms with van der Waals surface area (Å²) in [6, 6.07) is 0. The maximum Gasteiger partial charge on any atom is 0.235 e. The van der Waals surface area contributed by atoms with Crippen LogP contribution in [-0.2, 0) is 4.79 Å². The van der Waals surface area contributed by atoms with Gasteiger partial charge >= 0.3 is 0 Å². The Hall–Kier alpha value is -0.680. The molecule has 1 amide bonds. The summed E-state index contributed by atoms with van der Waals surface area (Å²) in [6.45, 7) is 4.54. The molecule has 0 saturated heterocycles. The minimum absolute atomic E-state index is 0.158. The number of hydrogen-bond donors (Lipinski definition) is 1. The van der Waals surface area contributed by atoms with Crippen LogP contribution in [0.3, 0.4) is 0 Å². The summed E-state index contributed by atoms with van der Waals surface area (Å²) in [5.41, 5.74) is 5.38. The third-order valence-electron chi connectivity index (χ3n) is 4.29. The predicted octanol–water partition coefficient (Wildman–Crippen LogP) is 2.02. The molecule has 0 aromatic carbocycles. The van der Waals surface area contributed by atoms with Crippen LogP contribution in [0.15, 0.2) is 0 Å². The van der Waals surface area contributed by atoms with Gasteiger partial charge in [0, 0.05) is 13.1 Å². The molecule has 116 valence electrons. The molecule has 1 rings (SSSR count). The van der Waals surface area contributed by atoms with Crippen molar-refractivity contribution in [3.63, 3.8) is 0 Å². The molecular formula is C15H29N3OS. The molecule has 1 fully saturated rings. The molecule has 0 spiro atoms. The molecule has 0 unspecified atom stereocenters. The van der Waals surface area contributed by atoms with Gasteiger partial charge < -0.3 is 15.5 Å². The van der Waals surface area contributed by atoms with Crippen molar-refractivity contribution in [2.45, 2.75) is 45.4 Å². The highest BCUT2D eigenvalue weighted by molar-refractivity contribution is 7.80. The van der Waals surface area contributed by atoms with Gasteiger partial charge in [0.25, 0.3) is 0 Å². The topological polar surface area (TPSA) is 49.6 Å². The minimum Gasteiger partial charge on any atom is -0.392 e. The van der Waals surface area contributed by atoms with Gasteiger partial charge in [-0.15, -0.1) is 0 Å². The summed E-state index contributed by atoms with van der Waals surface area (Å²) in [7, 11) is 4.10. The summed E-state index contributed by atoms with van der Waals surface area (Å²) in [5.74, 6) is 0.158. The third-order valence-corrected chi connectivity index (χ3v) is 4.68. The van der Waals surface area contributed by atoms with Crippen molar-refractivity contribution in [3.05, 3.63) is 0 Å². The Morgan fingerprint density at radius 2 is 1.80 bits per heavy atom. The fraction of sp³-hybridized carbons (Fsp3) is 0.867. The summed E-state index contributed by atoms with van der Waals surface area (Å²) in [4.78, 5) is 17.4. The minimum atomic E-state index is -0.568. The van der Waals surface area contributed by atoms with E-state index in [0.29, 0.717) is 4.99 Å². The quantitative estimate of drug-likeness (QED) is 0.731. The predicted molar refractivity (Wildman–Crippen MR) is 87.7 cm³/mol. The monoisotopic (exact) mass is 299 g/mol. The lowest BCUT2D eigenvalue weighted by Crippen LogP contribution is -2.52. The largest absolute Gasteiger partial charge is 0.392 e. The van der Waals surface area contributed by atoms with Crippen molar-refractivity contribution >= 4 is 23.1 Å². The maximum atomic E-state index is 12.9. The maximum absolute atomic E-state index is 12.9. The van der Waals surface area contributed by atoms with Crippen LogP contribution in [0.2, 0.25) is 0 Å². The van der Waals surface area contributed by atoms with Crippen LogP contribution in [0, 0.1) is 5.41 Å². The lowest BCUT2D eigenvalue weighted by atomic mass is 9.73. The molecular weight excluding hydrogens is 270 g/mol. The molecule has 2 N–H and O–H groups in total. The first kappa shape index (κ1) is 17.4. The zero-order valence-electron chi connectivity index (χ0n) is 13.2. The number of nitrogens with zero attached hydrogens (tertiary/aromatic N) is 2. The Morgan fingerprint density at radius 3 is 2.25 bits per heavy atom. The second-order valence-electron chi connectivity index (χ2n) is 6.05. The molecule has 1 saturated carbocycles. The van der Waals surface area contributed by atoms with E-state index in [1.54, 1.807) is 0 Å². The van der Waals surface area contributed by atoms with Crippen LogP contribution in [0.5, 0.6) is 0 Å². The van der Waals surface area contributed by atoms with Crippen LogP contribution in [0.25, 0.3) is 0 Å². The first-order valence-corrected chi connectivity index (χ1v) is 8.09. The van der Waals surface area contributed by atoms with E-state index < -0.39 is 5.41 Å². The van der Waals surface area contributed by atoms with Gasteiger partial charge in [-0.2, -0.15) is 0 Å². The van der Waals surface area contributed by atoms with E-state index in [2.05, 4.69) is 19.0 Å². The number of amides is 1. The van der Waals surface area contributed by atoms with E-state index in [0.717, 1.165) is 51.7 Å². The van der Waals surface area contributed by atoms with E-state index in [9.17, 15) is 4.79 Å². The molecule has 1 aliphatic rings. The van der Waals surface area contributed by atoms with Crippen molar-refractivity contribution in [1.82, 2.24) is 9.80 Å². The summed E-state index contributed by atoms with van der Waals surface area (Å²) in [5, 5.41) is 0. The molecule has 1 aliphatic carbocycles. The van der Waals surface area contributed by atoms with E-state index in [1.165, 1.54) is 6.42 Å². The third kappa shape index (κ3) is 4.16. The van der Waals surface area contributed by atoms with Crippen molar-refractivity contribution in [1.29, 1.82) is 0 Å². The van der Waals surface area contributed by atoms with E-state index in [-0.39, 0.29) is 5.91 Å². The lowest BCUT2D eigenvalue weighted by molar-refractivity contribution is -0.139. The highest BCUT2D eigenvalue weighted by Gasteiger charge is 2.44. The molecule has 0 aliphatic heterocycles. The van der Waals surface area contributed by atoms with Gasteiger partial charge in [-0.05, 0) is 46.8 Å². The zero-order chi connectivity index (χ0) is 15.2. The number of thiocarbonyl (C=S) groups is 1. The van der Waals surface area contributed by atoms with Crippen LogP contribution in [0.4, 0.5) is 0 Å². The summed E-state index contributed by atoms with van der Waals surface area (Å²) in [6.07, 6.45) is 5.93. The van der Waals surface area contributed by atoms with Crippen LogP contribution in [-0.4, -0.2) is 54.4 Å². The lowest BCUT2D eigenvalue weighted by Gasteiger charge is -2.39. The van der Waals surface area contributed by atoms with Crippen molar-refractivity contribution in [2.75, 3.05) is 33.7 Å². The Bertz CT molecular complexity index is 338. The Morgan fingerprint density at radius 1 is 1.20 bits per heavy atom. The molecule has 4 nitrogen and oxygen atoms in total.